The lowest BCUT2D eigenvalue weighted by Gasteiger charge is -2.17. The molecule has 1 aliphatic rings. The van der Waals surface area contributed by atoms with Crippen LogP contribution in [0, 0.1) is 5.82 Å². The van der Waals surface area contributed by atoms with Crippen LogP contribution in [0.3, 0.4) is 0 Å². The summed E-state index contributed by atoms with van der Waals surface area (Å²) in [7, 11) is 0. The molecular weight excluding hydrogens is 263 g/mol. The van der Waals surface area contributed by atoms with E-state index in [1.54, 1.807) is 13.8 Å². The van der Waals surface area contributed by atoms with E-state index in [0.717, 1.165) is 12.8 Å². The molecule has 1 atom stereocenters. The smallest absolute Gasteiger partial charge is 0.260 e. The Morgan fingerprint density at radius 3 is 2.85 bits per heavy atom. The second kappa shape index (κ2) is 5.90. The van der Waals surface area contributed by atoms with Gasteiger partial charge in [-0.25, -0.2) is 4.39 Å². The maximum absolute atomic E-state index is 13.3. The molecular formula is C14H17FN2O3. The van der Waals surface area contributed by atoms with Gasteiger partial charge in [-0.15, -0.1) is 0 Å². The van der Waals surface area contributed by atoms with Crippen molar-refractivity contribution in [3.05, 3.63) is 29.6 Å². The highest BCUT2D eigenvalue weighted by atomic mass is 19.1. The number of halogens is 1. The number of nitrogens with one attached hydrogen (secondary N) is 1. The van der Waals surface area contributed by atoms with Crippen LogP contribution in [0.1, 0.15) is 32.3 Å². The van der Waals surface area contributed by atoms with Gasteiger partial charge in [0.1, 0.15) is 11.6 Å². The molecule has 0 radical (unpaired) electrons. The Labute approximate surface area is 116 Å². The summed E-state index contributed by atoms with van der Waals surface area (Å²) in [5, 5.41) is 14.7. The maximum Gasteiger partial charge on any atom is 0.260 e. The zero-order valence-electron chi connectivity index (χ0n) is 11.4. The molecule has 20 heavy (non-hydrogen) atoms. The van der Waals surface area contributed by atoms with Crippen molar-refractivity contribution in [1.29, 1.82) is 0 Å². The summed E-state index contributed by atoms with van der Waals surface area (Å²) < 4.78 is 18.8. The molecule has 6 heteroatoms. The molecule has 108 valence electrons. The van der Waals surface area contributed by atoms with E-state index in [2.05, 4.69) is 10.5 Å². The number of nitrogens with zero attached hydrogens (tertiary/aromatic N) is 1. The van der Waals surface area contributed by atoms with Crippen molar-refractivity contribution in [1.82, 2.24) is 5.32 Å². The largest absolute Gasteiger partial charge is 0.480 e. The van der Waals surface area contributed by atoms with Gasteiger partial charge in [0.25, 0.3) is 5.91 Å². The second-order valence-electron chi connectivity index (χ2n) is 4.87. The number of amides is 1. The van der Waals surface area contributed by atoms with Crippen molar-refractivity contribution in [2.75, 3.05) is 0 Å². The van der Waals surface area contributed by atoms with E-state index in [-0.39, 0.29) is 23.4 Å². The molecule has 0 aromatic heterocycles. The zero-order valence-corrected chi connectivity index (χ0v) is 11.4. The Hall–Kier alpha value is -2.11. The van der Waals surface area contributed by atoms with Gasteiger partial charge >= 0.3 is 0 Å². The molecule has 2 N–H and O–H groups in total. The first-order valence-electron chi connectivity index (χ1n) is 6.47. The zero-order chi connectivity index (χ0) is 14.7. The lowest BCUT2D eigenvalue weighted by atomic mass is 10.1. The molecule has 1 unspecified atom stereocenters. The van der Waals surface area contributed by atoms with Crippen molar-refractivity contribution < 1.29 is 19.1 Å². The Morgan fingerprint density at radius 1 is 1.55 bits per heavy atom. The first-order valence-corrected chi connectivity index (χ1v) is 6.47. The minimum atomic E-state index is -0.748. The van der Waals surface area contributed by atoms with E-state index < -0.39 is 11.9 Å². The standard InChI is InChI=1S/C14H17FN2O3/c1-8(17-19)12-6-3-10(15)7-13(12)20-9(2)14(18)16-11-4-5-11/h3,6-7,9,11,19H,4-5H2,1-2H3,(H,16,18). The van der Waals surface area contributed by atoms with Gasteiger partial charge in [-0.3, -0.25) is 4.79 Å². The summed E-state index contributed by atoms with van der Waals surface area (Å²) in [6, 6.07) is 4.10. The Morgan fingerprint density at radius 2 is 2.25 bits per heavy atom. The third kappa shape index (κ3) is 3.46. The van der Waals surface area contributed by atoms with Crippen molar-refractivity contribution in [3.8, 4) is 5.75 Å². The number of ether oxygens (including phenoxy) is 1. The summed E-state index contributed by atoms with van der Waals surface area (Å²) >= 11 is 0. The molecule has 1 aliphatic carbocycles. The molecule has 1 aromatic carbocycles. The van der Waals surface area contributed by atoms with Gasteiger partial charge in [0.2, 0.25) is 0 Å². The Kier molecular flexibility index (Phi) is 4.22. The minimum absolute atomic E-state index is 0.179. The highest BCUT2D eigenvalue weighted by molar-refractivity contribution is 6.00. The molecule has 0 aliphatic heterocycles. The van der Waals surface area contributed by atoms with Crippen LogP contribution in [0.4, 0.5) is 4.39 Å². The fourth-order valence-corrected chi connectivity index (χ4v) is 1.74. The highest BCUT2D eigenvalue weighted by Crippen LogP contribution is 2.23. The lowest BCUT2D eigenvalue weighted by Crippen LogP contribution is -2.37. The molecule has 5 nitrogen and oxygen atoms in total. The summed E-state index contributed by atoms with van der Waals surface area (Å²) in [6.07, 6.45) is 1.22. The number of rotatable bonds is 5. The SMILES string of the molecule is CC(=NO)c1ccc(F)cc1OC(C)C(=O)NC1CC1. The van der Waals surface area contributed by atoms with Crippen LogP contribution in [-0.4, -0.2) is 29.0 Å². The van der Waals surface area contributed by atoms with Gasteiger partial charge in [0.05, 0.1) is 5.71 Å². The summed E-state index contributed by atoms with van der Waals surface area (Å²) in [4.78, 5) is 11.8. The van der Waals surface area contributed by atoms with E-state index >= 15 is 0 Å². The number of hydrogen-bond donors (Lipinski definition) is 2. The van der Waals surface area contributed by atoms with Gasteiger partial charge in [0, 0.05) is 17.7 Å². The van der Waals surface area contributed by atoms with E-state index in [0.29, 0.717) is 5.56 Å². The van der Waals surface area contributed by atoms with Gasteiger partial charge in [0.15, 0.2) is 6.10 Å². The monoisotopic (exact) mass is 280 g/mol. The second-order valence-corrected chi connectivity index (χ2v) is 4.87. The lowest BCUT2D eigenvalue weighted by molar-refractivity contribution is -0.127. The van der Waals surface area contributed by atoms with E-state index in [4.69, 9.17) is 9.94 Å². The summed E-state index contributed by atoms with van der Waals surface area (Å²) in [6.45, 7) is 3.16. The van der Waals surface area contributed by atoms with E-state index in [1.165, 1.54) is 18.2 Å². The van der Waals surface area contributed by atoms with Crippen LogP contribution < -0.4 is 10.1 Å². The molecule has 1 aromatic rings. The molecule has 0 saturated heterocycles. The number of carbonyl (C=O) groups is 1. The normalized spacial score (nSPS) is 16.6. The maximum atomic E-state index is 13.3. The van der Waals surface area contributed by atoms with Gasteiger partial charge in [-0.2, -0.15) is 0 Å². The molecule has 1 fully saturated rings. The average molecular weight is 280 g/mol. The third-order valence-electron chi connectivity index (χ3n) is 3.08. The molecule has 1 amide bonds. The summed E-state index contributed by atoms with van der Waals surface area (Å²) in [5.74, 6) is -0.538. The number of hydrogen-bond acceptors (Lipinski definition) is 4. The third-order valence-corrected chi connectivity index (χ3v) is 3.08. The quantitative estimate of drug-likeness (QED) is 0.493. The molecule has 1 saturated carbocycles. The number of oxime groups is 1. The predicted molar refractivity (Wildman–Crippen MR) is 71.7 cm³/mol. The fraction of sp³-hybridized carbons (Fsp3) is 0.429. The molecule has 0 spiro atoms. The van der Waals surface area contributed by atoms with Gasteiger partial charge in [-0.05, 0) is 38.8 Å². The van der Waals surface area contributed by atoms with Crippen molar-refractivity contribution >= 4 is 11.6 Å². The first-order chi connectivity index (χ1) is 9.51. The topological polar surface area (TPSA) is 70.9 Å². The van der Waals surface area contributed by atoms with Crippen LogP contribution in [0.15, 0.2) is 23.4 Å². The van der Waals surface area contributed by atoms with E-state index in [1.807, 2.05) is 0 Å². The van der Waals surface area contributed by atoms with Crippen molar-refractivity contribution in [2.45, 2.75) is 38.8 Å². The van der Waals surface area contributed by atoms with Crippen LogP contribution in [0.2, 0.25) is 0 Å². The highest BCUT2D eigenvalue weighted by Gasteiger charge is 2.26. The summed E-state index contributed by atoms with van der Waals surface area (Å²) in [5.41, 5.74) is 0.731. The number of carbonyl (C=O) groups excluding carboxylic acids is 1. The number of benzene rings is 1. The first kappa shape index (κ1) is 14.3. The Balaban J connectivity index is 2.14. The van der Waals surface area contributed by atoms with Crippen LogP contribution in [-0.2, 0) is 4.79 Å². The van der Waals surface area contributed by atoms with Crippen LogP contribution in [0.5, 0.6) is 5.75 Å². The van der Waals surface area contributed by atoms with Gasteiger partial charge in [-0.1, -0.05) is 5.16 Å². The van der Waals surface area contributed by atoms with Gasteiger partial charge < -0.3 is 15.3 Å². The molecule has 0 bridgehead atoms. The minimum Gasteiger partial charge on any atom is -0.480 e. The fourth-order valence-electron chi connectivity index (χ4n) is 1.74. The van der Waals surface area contributed by atoms with Crippen molar-refractivity contribution in [2.24, 2.45) is 5.16 Å². The van der Waals surface area contributed by atoms with Crippen molar-refractivity contribution in [3.63, 3.8) is 0 Å². The average Bonchev–Trinajstić information content (AvgIpc) is 3.22. The molecule has 2 rings (SSSR count). The molecule has 0 heterocycles. The van der Waals surface area contributed by atoms with Crippen LogP contribution in [0.25, 0.3) is 0 Å². The van der Waals surface area contributed by atoms with E-state index in [9.17, 15) is 9.18 Å². The van der Waals surface area contributed by atoms with Crippen LogP contribution >= 0.6 is 0 Å². The Bertz CT molecular complexity index is 541. The predicted octanol–water partition coefficient (Wildman–Crippen LogP) is 2.07.